The van der Waals surface area contributed by atoms with Gasteiger partial charge in [0.1, 0.15) is 5.69 Å². The SMILES string of the molecule is CC(C)Oc1ncccc1NS(=O)(=O)c1cnc[nH]1. The Kier molecular flexibility index (Phi) is 3.70. The summed E-state index contributed by atoms with van der Waals surface area (Å²) in [6.45, 7) is 3.67. The third kappa shape index (κ3) is 3.22. The lowest BCUT2D eigenvalue weighted by molar-refractivity contribution is 0.234. The number of H-pyrrole nitrogens is 1. The molecule has 2 heterocycles. The Bertz CT molecular complexity index is 638. The monoisotopic (exact) mass is 282 g/mol. The van der Waals surface area contributed by atoms with Crippen molar-refractivity contribution in [1.29, 1.82) is 0 Å². The van der Waals surface area contributed by atoms with E-state index in [4.69, 9.17) is 4.74 Å². The number of hydrogen-bond acceptors (Lipinski definition) is 5. The molecular formula is C11H14N4O3S. The Morgan fingerprint density at radius 2 is 2.21 bits per heavy atom. The predicted molar refractivity (Wildman–Crippen MR) is 69.4 cm³/mol. The average molecular weight is 282 g/mol. The first kappa shape index (κ1) is 13.3. The molecule has 0 atom stereocenters. The number of imidazole rings is 1. The maximum atomic E-state index is 12.0. The van der Waals surface area contributed by atoms with E-state index in [2.05, 4.69) is 19.7 Å². The van der Waals surface area contributed by atoms with Crippen LogP contribution in [0.2, 0.25) is 0 Å². The first-order chi connectivity index (χ1) is 8.99. The molecule has 19 heavy (non-hydrogen) atoms. The molecule has 0 aliphatic heterocycles. The van der Waals surface area contributed by atoms with Crippen LogP contribution in [-0.4, -0.2) is 29.5 Å². The van der Waals surface area contributed by atoms with Crippen LogP contribution in [-0.2, 0) is 10.0 Å². The zero-order valence-electron chi connectivity index (χ0n) is 10.5. The van der Waals surface area contributed by atoms with Crippen molar-refractivity contribution in [3.8, 4) is 5.88 Å². The van der Waals surface area contributed by atoms with E-state index in [1.165, 1.54) is 18.7 Å². The highest BCUT2D eigenvalue weighted by atomic mass is 32.2. The van der Waals surface area contributed by atoms with Crippen molar-refractivity contribution in [2.45, 2.75) is 25.0 Å². The van der Waals surface area contributed by atoms with Crippen LogP contribution < -0.4 is 9.46 Å². The fourth-order valence-corrected chi connectivity index (χ4v) is 2.34. The summed E-state index contributed by atoms with van der Waals surface area (Å²) >= 11 is 0. The van der Waals surface area contributed by atoms with Crippen LogP contribution in [0, 0.1) is 0 Å². The van der Waals surface area contributed by atoms with E-state index in [1.807, 2.05) is 13.8 Å². The molecule has 0 bridgehead atoms. The summed E-state index contributed by atoms with van der Waals surface area (Å²) in [5, 5.41) is -0.0214. The number of pyridine rings is 1. The summed E-state index contributed by atoms with van der Waals surface area (Å²) in [6, 6.07) is 3.20. The summed E-state index contributed by atoms with van der Waals surface area (Å²) < 4.78 is 31.9. The molecule has 0 unspecified atom stereocenters. The highest BCUT2D eigenvalue weighted by Crippen LogP contribution is 2.24. The van der Waals surface area contributed by atoms with Gasteiger partial charge in [-0.05, 0) is 26.0 Å². The summed E-state index contributed by atoms with van der Waals surface area (Å²) in [6.07, 6.45) is 3.95. The zero-order chi connectivity index (χ0) is 13.9. The second-order valence-electron chi connectivity index (χ2n) is 4.04. The molecule has 2 aromatic heterocycles. The van der Waals surface area contributed by atoms with Crippen molar-refractivity contribution < 1.29 is 13.2 Å². The second-order valence-corrected chi connectivity index (χ2v) is 5.69. The van der Waals surface area contributed by atoms with E-state index in [-0.39, 0.29) is 22.7 Å². The van der Waals surface area contributed by atoms with Crippen LogP contribution in [0.3, 0.4) is 0 Å². The summed E-state index contributed by atoms with van der Waals surface area (Å²) in [5.41, 5.74) is 0.283. The van der Waals surface area contributed by atoms with Crippen molar-refractivity contribution in [2.24, 2.45) is 0 Å². The van der Waals surface area contributed by atoms with E-state index >= 15 is 0 Å². The Morgan fingerprint density at radius 3 is 2.84 bits per heavy atom. The molecule has 0 spiro atoms. The van der Waals surface area contributed by atoms with E-state index in [0.29, 0.717) is 0 Å². The minimum Gasteiger partial charge on any atom is -0.473 e. The molecule has 8 heteroatoms. The minimum atomic E-state index is -3.72. The molecule has 2 aromatic rings. The number of aromatic amines is 1. The van der Waals surface area contributed by atoms with Gasteiger partial charge in [0.25, 0.3) is 10.0 Å². The van der Waals surface area contributed by atoms with E-state index in [9.17, 15) is 8.42 Å². The number of ether oxygens (including phenoxy) is 1. The number of aromatic nitrogens is 3. The molecule has 0 saturated carbocycles. The van der Waals surface area contributed by atoms with Crippen molar-refractivity contribution in [3.63, 3.8) is 0 Å². The smallest absolute Gasteiger partial charge is 0.279 e. The van der Waals surface area contributed by atoms with Crippen molar-refractivity contribution >= 4 is 15.7 Å². The maximum Gasteiger partial charge on any atom is 0.279 e. The van der Waals surface area contributed by atoms with Gasteiger partial charge >= 0.3 is 0 Å². The highest BCUT2D eigenvalue weighted by molar-refractivity contribution is 7.92. The highest BCUT2D eigenvalue weighted by Gasteiger charge is 2.18. The van der Waals surface area contributed by atoms with Gasteiger partial charge in [0, 0.05) is 6.20 Å². The van der Waals surface area contributed by atoms with Gasteiger partial charge in [0.2, 0.25) is 5.88 Å². The number of nitrogens with one attached hydrogen (secondary N) is 2. The minimum absolute atomic E-state index is 0.0214. The molecule has 0 saturated heterocycles. The second kappa shape index (κ2) is 5.27. The largest absolute Gasteiger partial charge is 0.473 e. The van der Waals surface area contributed by atoms with Crippen LogP contribution in [0.25, 0.3) is 0 Å². The molecule has 0 aromatic carbocycles. The van der Waals surface area contributed by atoms with Crippen LogP contribution in [0.5, 0.6) is 5.88 Å². The fraction of sp³-hybridized carbons (Fsp3) is 0.273. The lowest BCUT2D eigenvalue weighted by atomic mass is 10.4. The maximum absolute atomic E-state index is 12.0. The van der Waals surface area contributed by atoms with E-state index < -0.39 is 10.0 Å². The molecule has 7 nitrogen and oxygen atoms in total. The van der Waals surface area contributed by atoms with Crippen molar-refractivity contribution in [3.05, 3.63) is 30.9 Å². The molecule has 2 rings (SSSR count). The van der Waals surface area contributed by atoms with Gasteiger partial charge in [0.15, 0.2) is 5.03 Å². The van der Waals surface area contributed by atoms with Gasteiger partial charge in [-0.15, -0.1) is 0 Å². The van der Waals surface area contributed by atoms with Gasteiger partial charge in [-0.3, -0.25) is 4.72 Å². The van der Waals surface area contributed by atoms with Gasteiger partial charge in [-0.1, -0.05) is 0 Å². The van der Waals surface area contributed by atoms with Crippen LogP contribution in [0.4, 0.5) is 5.69 Å². The Labute approximate surface area is 111 Å². The van der Waals surface area contributed by atoms with Crippen LogP contribution in [0.1, 0.15) is 13.8 Å². The van der Waals surface area contributed by atoms with Crippen LogP contribution in [0.15, 0.2) is 35.9 Å². The predicted octanol–water partition coefficient (Wildman–Crippen LogP) is 1.39. The van der Waals surface area contributed by atoms with E-state index in [1.54, 1.807) is 12.1 Å². The summed E-state index contributed by atoms with van der Waals surface area (Å²) in [7, 11) is -3.72. The Balaban J connectivity index is 2.29. The zero-order valence-corrected chi connectivity index (χ0v) is 11.3. The average Bonchev–Trinajstić information content (AvgIpc) is 2.85. The molecule has 0 aliphatic carbocycles. The standard InChI is InChI=1S/C11H14N4O3S/c1-8(2)18-11-9(4-3-5-13-11)15-19(16,17)10-6-12-7-14-10/h3-8,15H,1-2H3,(H,12,14). The van der Waals surface area contributed by atoms with Gasteiger partial charge in [-0.25, -0.2) is 9.97 Å². The summed E-state index contributed by atoms with van der Waals surface area (Å²) in [5.74, 6) is 0.237. The van der Waals surface area contributed by atoms with Crippen molar-refractivity contribution in [2.75, 3.05) is 4.72 Å². The number of sulfonamides is 1. The molecule has 0 radical (unpaired) electrons. The molecule has 2 N–H and O–H groups in total. The molecular weight excluding hydrogens is 268 g/mol. The van der Waals surface area contributed by atoms with E-state index in [0.717, 1.165) is 0 Å². The number of anilines is 1. The first-order valence-corrected chi connectivity index (χ1v) is 7.10. The number of hydrogen-bond donors (Lipinski definition) is 2. The van der Waals surface area contributed by atoms with Gasteiger partial charge < -0.3 is 9.72 Å². The van der Waals surface area contributed by atoms with Crippen LogP contribution >= 0.6 is 0 Å². The Morgan fingerprint density at radius 1 is 1.42 bits per heavy atom. The normalized spacial score (nSPS) is 11.5. The molecule has 0 fully saturated rings. The number of nitrogens with zero attached hydrogens (tertiary/aromatic N) is 2. The van der Waals surface area contributed by atoms with Gasteiger partial charge in [-0.2, -0.15) is 8.42 Å². The lowest BCUT2D eigenvalue weighted by Gasteiger charge is -2.13. The first-order valence-electron chi connectivity index (χ1n) is 5.62. The summed E-state index contributed by atoms with van der Waals surface area (Å²) in [4.78, 5) is 10.2. The third-order valence-electron chi connectivity index (χ3n) is 2.13. The fourth-order valence-electron chi connectivity index (χ4n) is 1.38. The topological polar surface area (TPSA) is 97.0 Å². The number of rotatable bonds is 5. The Hall–Kier alpha value is -2.09. The van der Waals surface area contributed by atoms with Crippen molar-refractivity contribution in [1.82, 2.24) is 15.0 Å². The molecule has 0 amide bonds. The third-order valence-corrected chi connectivity index (χ3v) is 3.42. The van der Waals surface area contributed by atoms with Gasteiger partial charge in [0.05, 0.1) is 18.6 Å². The molecule has 0 aliphatic rings. The molecule has 102 valence electrons. The quantitative estimate of drug-likeness (QED) is 0.863. The lowest BCUT2D eigenvalue weighted by Crippen LogP contribution is -2.16.